The lowest BCUT2D eigenvalue weighted by Crippen LogP contribution is -2.27. The van der Waals surface area contributed by atoms with Crippen molar-refractivity contribution in [1.82, 2.24) is 14.7 Å². The molecule has 5 rings (SSSR count). The molecule has 4 aromatic rings. The van der Waals surface area contributed by atoms with Crippen LogP contribution in [0.4, 0.5) is 0 Å². The number of nitrogens with one attached hydrogen (secondary N) is 1. The third-order valence-electron chi connectivity index (χ3n) is 5.82. The molecule has 0 saturated heterocycles. The van der Waals surface area contributed by atoms with E-state index < -0.39 is 0 Å². The topological polar surface area (TPSA) is 64.9 Å². The lowest BCUT2D eigenvalue weighted by Gasteiger charge is -2.18. The van der Waals surface area contributed by atoms with Crippen LogP contribution in [0.3, 0.4) is 0 Å². The molecule has 6 nitrogen and oxygen atoms in total. The highest BCUT2D eigenvalue weighted by molar-refractivity contribution is 5.77. The number of benzene rings is 2. The van der Waals surface area contributed by atoms with E-state index in [1.54, 1.807) is 0 Å². The summed E-state index contributed by atoms with van der Waals surface area (Å²) in [5, 5.41) is 3.08. The molecule has 1 aliphatic heterocycles. The second kappa shape index (κ2) is 8.75. The molecule has 0 bridgehead atoms. The van der Waals surface area contributed by atoms with Gasteiger partial charge in [0.2, 0.25) is 12.7 Å². The highest BCUT2D eigenvalue weighted by atomic mass is 16.7. The molecule has 2 aromatic carbocycles. The first kappa shape index (κ1) is 20.1. The van der Waals surface area contributed by atoms with Crippen LogP contribution in [0.25, 0.3) is 5.65 Å². The van der Waals surface area contributed by atoms with E-state index in [0.29, 0.717) is 18.7 Å². The number of amides is 1. The highest BCUT2D eigenvalue weighted by Crippen LogP contribution is 2.37. The molecule has 1 N–H and O–H groups in total. The van der Waals surface area contributed by atoms with Gasteiger partial charge in [-0.15, -0.1) is 0 Å². The largest absolute Gasteiger partial charge is 0.454 e. The number of hydrogen-bond donors (Lipinski definition) is 1. The second-order valence-electron chi connectivity index (χ2n) is 8.07. The Morgan fingerprint density at radius 2 is 1.94 bits per heavy atom. The van der Waals surface area contributed by atoms with Gasteiger partial charge < -0.3 is 19.2 Å². The number of pyridine rings is 1. The molecular formula is C26H25N3O3. The first-order chi connectivity index (χ1) is 15.7. The zero-order valence-electron chi connectivity index (χ0n) is 18.0. The van der Waals surface area contributed by atoms with E-state index in [1.165, 1.54) is 5.56 Å². The third-order valence-corrected chi connectivity index (χ3v) is 5.82. The number of nitrogens with zero attached hydrogens (tertiary/aromatic N) is 2. The fraction of sp³-hybridized carbons (Fsp3) is 0.231. The predicted octanol–water partition coefficient (Wildman–Crippen LogP) is 4.25. The van der Waals surface area contributed by atoms with Crippen LogP contribution < -0.4 is 14.8 Å². The van der Waals surface area contributed by atoms with E-state index in [0.717, 1.165) is 34.6 Å². The minimum absolute atomic E-state index is 0.00524. The fourth-order valence-electron chi connectivity index (χ4n) is 4.13. The SMILES string of the molecule is Cc1ccn2c(C(CC(=O)NCCc3ccccc3)c3ccc4c(c3)OCO4)cnc2c1. The number of fused-ring (bicyclic) bond motifs is 2. The molecule has 1 amide bonds. The van der Waals surface area contributed by atoms with Gasteiger partial charge in [0.05, 0.1) is 5.69 Å². The zero-order chi connectivity index (χ0) is 21.9. The average molecular weight is 428 g/mol. The minimum Gasteiger partial charge on any atom is -0.454 e. The summed E-state index contributed by atoms with van der Waals surface area (Å²) in [4.78, 5) is 17.5. The molecule has 1 aliphatic rings. The van der Waals surface area contributed by atoms with Gasteiger partial charge >= 0.3 is 0 Å². The van der Waals surface area contributed by atoms with Gasteiger partial charge in [0.1, 0.15) is 5.65 Å². The molecule has 1 atom stereocenters. The van der Waals surface area contributed by atoms with E-state index in [1.807, 2.05) is 61.8 Å². The summed E-state index contributed by atoms with van der Waals surface area (Å²) in [6.07, 6.45) is 4.99. The van der Waals surface area contributed by atoms with Gasteiger partial charge in [-0.1, -0.05) is 36.4 Å². The van der Waals surface area contributed by atoms with Crippen LogP contribution in [0.1, 0.15) is 34.7 Å². The predicted molar refractivity (Wildman–Crippen MR) is 122 cm³/mol. The molecule has 1 unspecified atom stereocenters. The Morgan fingerprint density at radius 3 is 2.81 bits per heavy atom. The summed E-state index contributed by atoms with van der Waals surface area (Å²) in [7, 11) is 0. The van der Waals surface area contributed by atoms with Crippen molar-refractivity contribution >= 4 is 11.6 Å². The number of aryl methyl sites for hydroxylation is 1. The van der Waals surface area contributed by atoms with Gasteiger partial charge in [-0.2, -0.15) is 0 Å². The summed E-state index contributed by atoms with van der Waals surface area (Å²) >= 11 is 0. The minimum atomic E-state index is -0.168. The van der Waals surface area contributed by atoms with E-state index in [9.17, 15) is 4.79 Å². The molecule has 0 saturated carbocycles. The molecule has 0 aliphatic carbocycles. The molecule has 3 heterocycles. The monoisotopic (exact) mass is 427 g/mol. The molecule has 2 aromatic heterocycles. The Kier molecular flexibility index (Phi) is 5.50. The van der Waals surface area contributed by atoms with E-state index >= 15 is 0 Å². The Morgan fingerprint density at radius 1 is 1.09 bits per heavy atom. The van der Waals surface area contributed by atoms with Gasteiger partial charge in [-0.3, -0.25) is 4.79 Å². The number of carbonyl (C=O) groups is 1. The second-order valence-corrected chi connectivity index (χ2v) is 8.07. The molecule has 0 spiro atoms. The Bertz CT molecular complexity index is 1250. The van der Waals surface area contributed by atoms with Crippen LogP contribution in [-0.2, 0) is 11.2 Å². The Labute approximate surface area is 186 Å². The van der Waals surface area contributed by atoms with Gasteiger partial charge in [-0.25, -0.2) is 4.98 Å². The van der Waals surface area contributed by atoms with Crippen LogP contribution in [0.15, 0.2) is 73.1 Å². The number of rotatable bonds is 7. The maximum atomic E-state index is 12.9. The fourth-order valence-corrected chi connectivity index (χ4v) is 4.13. The van der Waals surface area contributed by atoms with Gasteiger partial charge in [0.25, 0.3) is 0 Å². The van der Waals surface area contributed by atoms with Crippen LogP contribution in [0.5, 0.6) is 11.5 Å². The molecule has 6 heteroatoms. The lowest BCUT2D eigenvalue weighted by molar-refractivity contribution is -0.121. The van der Waals surface area contributed by atoms with Gasteiger partial charge in [0.15, 0.2) is 11.5 Å². The van der Waals surface area contributed by atoms with Crippen molar-refractivity contribution in [3.05, 3.63) is 95.4 Å². The van der Waals surface area contributed by atoms with Crippen LogP contribution in [0.2, 0.25) is 0 Å². The average Bonchev–Trinajstić information content (AvgIpc) is 3.44. The van der Waals surface area contributed by atoms with Gasteiger partial charge in [-0.05, 0) is 54.3 Å². The molecule has 0 radical (unpaired) electrons. The molecule has 32 heavy (non-hydrogen) atoms. The number of carbonyl (C=O) groups excluding carboxylic acids is 1. The summed E-state index contributed by atoms with van der Waals surface area (Å²) < 4.78 is 13.1. The quantitative estimate of drug-likeness (QED) is 0.479. The smallest absolute Gasteiger partial charge is 0.231 e. The van der Waals surface area contributed by atoms with Gasteiger partial charge in [0, 0.05) is 31.3 Å². The first-order valence-electron chi connectivity index (χ1n) is 10.8. The van der Waals surface area contributed by atoms with Crippen molar-refractivity contribution in [3.8, 4) is 11.5 Å². The van der Waals surface area contributed by atoms with Crippen molar-refractivity contribution in [1.29, 1.82) is 0 Å². The highest BCUT2D eigenvalue weighted by Gasteiger charge is 2.24. The van der Waals surface area contributed by atoms with E-state index in [4.69, 9.17) is 9.47 Å². The maximum Gasteiger partial charge on any atom is 0.231 e. The molecule has 0 fully saturated rings. The van der Waals surface area contributed by atoms with Crippen molar-refractivity contribution in [2.75, 3.05) is 13.3 Å². The van der Waals surface area contributed by atoms with Crippen LogP contribution >= 0.6 is 0 Å². The van der Waals surface area contributed by atoms with Crippen molar-refractivity contribution < 1.29 is 14.3 Å². The maximum absolute atomic E-state index is 12.9. The first-order valence-corrected chi connectivity index (χ1v) is 10.8. The van der Waals surface area contributed by atoms with E-state index in [2.05, 4.69) is 32.9 Å². The molecule has 162 valence electrons. The Balaban J connectivity index is 1.40. The zero-order valence-corrected chi connectivity index (χ0v) is 18.0. The lowest BCUT2D eigenvalue weighted by atomic mass is 9.92. The van der Waals surface area contributed by atoms with E-state index in [-0.39, 0.29) is 18.6 Å². The molecular weight excluding hydrogens is 402 g/mol. The normalized spacial score (nSPS) is 13.3. The van der Waals surface area contributed by atoms with Crippen molar-refractivity contribution in [3.63, 3.8) is 0 Å². The number of ether oxygens (including phenoxy) is 2. The van der Waals surface area contributed by atoms with Crippen LogP contribution in [-0.4, -0.2) is 28.6 Å². The number of imidazole rings is 1. The summed E-state index contributed by atoms with van der Waals surface area (Å²) in [6.45, 7) is 2.87. The third kappa shape index (κ3) is 4.17. The summed E-state index contributed by atoms with van der Waals surface area (Å²) in [5.41, 5.74) is 5.19. The standard InChI is InChI=1S/C26H25N3O3/c1-18-10-12-29-22(16-28-25(29)13-18)21(20-7-8-23-24(14-20)32-17-31-23)15-26(30)27-11-9-19-5-3-2-4-6-19/h2-8,10,12-14,16,21H,9,11,15,17H2,1H3,(H,27,30). The summed E-state index contributed by atoms with van der Waals surface area (Å²) in [5.74, 6) is 1.28. The summed E-state index contributed by atoms with van der Waals surface area (Å²) in [6, 6.07) is 20.1. The number of aromatic nitrogens is 2. The Hall–Kier alpha value is -3.80. The van der Waals surface area contributed by atoms with Crippen molar-refractivity contribution in [2.24, 2.45) is 0 Å². The number of hydrogen-bond acceptors (Lipinski definition) is 4. The van der Waals surface area contributed by atoms with Crippen molar-refractivity contribution in [2.45, 2.75) is 25.7 Å². The van der Waals surface area contributed by atoms with Crippen LogP contribution in [0, 0.1) is 6.92 Å².